The van der Waals surface area contributed by atoms with Crippen LogP contribution in [0.4, 0.5) is 5.82 Å². The molecule has 12 heteroatoms. The molecule has 0 spiro atoms. The van der Waals surface area contributed by atoms with Crippen LogP contribution in [-0.4, -0.2) is 85.9 Å². The zero-order chi connectivity index (χ0) is 27.1. The Bertz CT molecular complexity index is 1650. The third-order valence-corrected chi connectivity index (χ3v) is 7.49. The number of aromatic amines is 1. The molecule has 6 rings (SSSR count). The molecule has 4 aromatic heterocycles. The van der Waals surface area contributed by atoms with E-state index in [0.717, 1.165) is 24.5 Å². The number of aliphatic hydroxyl groups excluding tert-OH is 1. The first-order valence-electron chi connectivity index (χ1n) is 13.1. The maximum Gasteiger partial charge on any atom is 0.329 e. The largest absolute Gasteiger partial charge is 0.384 e. The van der Waals surface area contributed by atoms with Crippen molar-refractivity contribution in [3.8, 4) is 11.3 Å². The van der Waals surface area contributed by atoms with Crippen LogP contribution in [0.2, 0.25) is 0 Å². The molecule has 2 saturated heterocycles. The first-order chi connectivity index (χ1) is 18.9. The van der Waals surface area contributed by atoms with Gasteiger partial charge in [0, 0.05) is 50.2 Å². The van der Waals surface area contributed by atoms with Crippen LogP contribution in [0.3, 0.4) is 0 Å². The van der Waals surface area contributed by atoms with E-state index in [1.165, 1.54) is 13.1 Å². The van der Waals surface area contributed by atoms with Crippen LogP contribution in [0.15, 0.2) is 46.2 Å². The monoisotopic (exact) mass is 531 g/mol. The second-order valence-corrected chi connectivity index (χ2v) is 9.95. The van der Waals surface area contributed by atoms with Gasteiger partial charge in [0.05, 0.1) is 35.3 Å². The highest BCUT2D eigenvalue weighted by Crippen LogP contribution is 2.29. The molecule has 0 aromatic carbocycles. The Morgan fingerprint density at radius 1 is 1.05 bits per heavy atom. The van der Waals surface area contributed by atoms with Crippen molar-refractivity contribution in [3.05, 3.63) is 57.5 Å². The minimum absolute atomic E-state index is 0.263. The number of nitrogens with zero attached hydrogens (tertiary/aromatic N) is 6. The van der Waals surface area contributed by atoms with Crippen LogP contribution in [0.25, 0.3) is 33.2 Å². The highest BCUT2D eigenvalue weighted by Gasteiger charge is 2.28. The third-order valence-electron chi connectivity index (χ3n) is 7.49. The van der Waals surface area contributed by atoms with E-state index >= 15 is 0 Å². The number of likely N-dealkylation sites (tertiary alicyclic amines) is 1. The molecule has 1 atom stereocenters. The fourth-order valence-electron chi connectivity index (χ4n) is 5.42. The molecule has 202 valence electrons. The number of aromatic nitrogens is 5. The number of hydrogen-bond acceptors (Lipinski definition) is 9. The van der Waals surface area contributed by atoms with Crippen LogP contribution in [0.5, 0.6) is 0 Å². The van der Waals surface area contributed by atoms with E-state index < -0.39 is 17.4 Å². The summed E-state index contributed by atoms with van der Waals surface area (Å²) in [6.07, 6.45) is 3.16. The fraction of sp³-hybridized carbons (Fsp3) is 0.407. The van der Waals surface area contributed by atoms with Crippen molar-refractivity contribution < 1.29 is 14.6 Å². The lowest BCUT2D eigenvalue weighted by Gasteiger charge is -2.34. The smallest absolute Gasteiger partial charge is 0.329 e. The number of amides is 1. The number of carbonyl (C=O) groups excluding carboxylic acids is 1. The van der Waals surface area contributed by atoms with Crippen LogP contribution in [-0.2, 0) is 9.53 Å². The minimum Gasteiger partial charge on any atom is -0.384 e. The van der Waals surface area contributed by atoms with Crippen LogP contribution in [0, 0.1) is 0 Å². The van der Waals surface area contributed by atoms with Gasteiger partial charge in [-0.3, -0.25) is 24.1 Å². The summed E-state index contributed by atoms with van der Waals surface area (Å²) >= 11 is 0. The molecule has 0 aliphatic carbocycles. The van der Waals surface area contributed by atoms with Gasteiger partial charge >= 0.3 is 5.69 Å². The van der Waals surface area contributed by atoms with Gasteiger partial charge < -0.3 is 19.6 Å². The highest BCUT2D eigenvalue weighted by atomic mass is 16.5. The second kappa shape index (κ2) is 10.2. The Labute approximate surface area is 222 Å². The summed E-state index contributed by atoms with van der Waals surface area (Å²) in [5.74, 6) is 0.539. The molecule has 0 bridgehead atoms. The van der Waals surface area contributed by atoms with Crippen LogP contribution in [0.1, 0.15) is 25.8 Å². The third kappa shape index (κ3) is 4.66. The summed E-state index contributed by atoms with van der Waals surface area (Å²) in [5.41, 5.74) is 1.84. The zero-order valence-corrected chi connectivity index (χ0v) is 21.5. The minimum atomic E-state index is -1.08. The number of pyridine rings is 3. The van der Waals surface area contributed by atoms with Crippen molar-refractivity contribution in [1.82, 2.24) is 29.4 Å². The quantitative estimate of drug-likeness (QED) is 0.369. The van der Waals surface area contributed by atoms with Crippen molar-refractivity contribution >= 4 is 33.7 Å². The van der Waals surface area contributed by atoms with Gasteiger partial charge in [0.15, 0.2) is 0 Å². The van der Waals surface area contributed by atoms with Crippen molar-refractivity contribution in [2.75, 3.05) is 44.3 Å². The van der Waals surface area contributed by atoms with Crippen LogP contribution >= 0.6 is 0 Å². The molecule has 6 heterocycles. The number of carbonyl (C=O) groups is 1. The lowest BCUT2D eigenvalue weighted by atomic mass is 10.0. The Hall–Kier alpha value is -4.16. The van der Waals surface area contributed by atoms with Crippen molar-refractivity contribution in [3.63, 3.8) is 0 Å². The Morgan fingerprint density at radius 2 is 1.82 bits per heavy atom. The lowest BCUT2D eigenvalue weighted by molar-refractivity contribution is -0.140. The number of anilines is 1. The number of hydrogen-bond donors (Lipinski definition) is 2. The summed E-state index contributed by atoms with van der Waals surface area (Å²) in [6, 6.07) is 7.33. The highest BCUT2D eigenvalue weighted by molar-refractivity contribution is 6.01. The van der Waals surface area contributed by atoms with Gasteiger partial charge in [-0.1, -0.05) is 0 Å². The van der Waals surface area contributed by atoms with Gasteiger partial charge in [-0.2, -0.15) is 0 Å². The molecule has 2 fully saturated rings. The number of morpholine rings is 1. The van der Waals surface area contributed by atoms with E-state index in [1.54, 1.807) is 15.7 Å². The second-order valence-electron chi connectivity index (χ2n) is 9.95. The van der Waals surface area contributed by atoms with E-state index in [0.29, 0.717) is 61.4 Å². The van der Waals surface area contributed by atoms with Crippen molar-refractivity contribution in [2.45, 2.75) is 31.9 Å². The molecule has 0 unspecified atom stereocenters. The van der Waals surface area contributed by atoms with Crippen molar-refractivity contribution in [2.24, 2.45) is 0 Å². The molecular formula is C27H29N7O5. The summed E-state index contributed by atoms with van der Waals surface area (Å²) < 4.78 is 7.01. The average molecular weight is 532 g/mol. The molecular weight excluding hydrogens is 502 g/mol. The van der Waals surface area contributed by atoms with Crippen LogP contribution < -0.4 is 16.1 Å². The Morgan fingerprint density at radius 3 is 2.51 bits per heavy atom. The summed E-state index contributed by atoms with van der Waals surface area (Å²) in [6.45, 7) is 5.16. The molecule has 1 amide bonds. The number of nitrogens with one attached hydrogen (secondary N) is 1. The zero-order valence-electron chi connectivity index (χ0n) is 21.5. The number of rotatable bonds is 4. The standard InChI is InChI=1S/C27H29N7O5/c1-16(35)26(37)33-8-6-18(7-9-33)34-24-19(25(36)31-27(34)38)15-28-21-4-3-20(30-23(21)24)17-2-5-22(29-14-17)32-10-12-39-13-11-32/h2-5,14-16,18,35H,6-13H2,1H3,(H,31,36,38)/t16-/m0/s1. The first-order valence-corrected chi connectivity index (χ1v) is 13.1. The van der Waals surface area contributed by atoms with Crippen molar-refractivity contribution in [1.29, 1.82) is 0 Å². The Balaban J connectivity index is 1.41. The van der Waals surface area contributed by atoms with Gasteiger partial charge in [0.1, 0.15) is 17.4 Å². The van der Waals surface area contributed by atoms with E-state index in [4.69, 9.17) is 9.72 Å². The van der Waals surface area contributed by atoms with E-state index in [-0.39, 0.29) is 17.3 Å². The molecule has 2 N–H and O–H groups in total. The van der Waals surface area contributed by atoms with Gasteiger partial charge in [0.2, 0.25) is 0 Å². The molecule has 0 radical (unpaired) electrons. The SMILES string of the molecule is C[C@H](O)C(=O)N1CCC(n2c(=O)[nH]c(=O)c3cnc4ccc(-c5ccc(N6CCOCC6)nc5)nc4c32)CC1. The number of fused-ring (bicyclic) bond motifs is 3. The number of piperidine rings is 1. The predicted molar refractivity (Wildman–Crippen MR) is 145 cm³/mol. The van der Waals surface area contributed by atoms with E-state index in [2.05, 4.69) is 19.9 Å². The number of ether oxygens (including phenoxy) is 1. The van der Waals surface area contributed by atoms with Gasteiger partial charge in [-0.15, -0.1) is 0 Å². The fourth-order valence-corrected chi connectivity index (χ4v) is 5.42. The number of H-pyrrole nitrogens is 1. The molecule has 4 aromatic rings. The summed E-state index contributed by atoms with van der Waals surface area (Å²) in [4.78, 5) is 58.4. The molecule has 12 nitrogen and oxygen atoms in total. The maximum atomic E-state index is 13.2. The molecule has 2 aliphatic rings. The van der Waals surface area contributed by atoms with Gasteiger partial charge in [0.25, 0.3) is 11.5 Å². The average Bonchev–Trinajstić information content (AvgIpc) is 2.97. The lowest BCUT2D eigenvalue weighted by Crippen LogP contribution is -2.45. The maximum absolute atomic E-state index is 13.2. The van der Waals surface area contributed by atoms with E-state index in [1.807, 2.05) is 24.3 Å². The number of aliphatic hydroxyl groups is 1. The summed E-state index contributed by atoms with van der Waals surface area (Å²) in [7, 11) is 0. The normalized spacial score (nSPS) is 17.6. The van der Waals surface area contributed by atoms with Gasteiger partial charge in [-0.25, -0.2) is 14.8 Å². The predicted octanol–water partition coefficient (Wildman–Crippen LogP) is 1.08. The molecule has 2 aliphatic heterocycles. The van der Waals surface area contributed by atoms with Gasteiger partial charge in [-0.05, 0) is 44.0 Å². The Kier molecular flexibility index (Phi) is 6.57. The topological polar surface area (TPSA) is 147 Å². The first kappa shape index (κ1) is 25.1. The molecule has 39 heavy (non-hydrogen) atoms. The van der Waals surface area contributed by atoms with E-state index in [9.17, 15) is 19.5 Å². The molecule has 0 saturated carbocycles. The summed E-state index contributed by atoms with van der Waals surface area (Å²) in [5, 5.41) is 9.95.